The Morgan fingerprint density at radius 3 is 2.56 bits per heavy atom. The summed E-state index contributed by atoms with van der Waals surface area (Å²) in [6, 6.07) is 2.46. The molecule has 1 heterocycles. The van der Waals surface area contributed by atoms with Crippen molar-refractivity contribution in [3.8, 4) is 11.5 Å². The summed E-state index contributed by atoms with van der Waals surface area (Å²) in [6.45, 7) is -0.0398. The van der Waals surface area contributed by atoms with Crippen LogP contribution in [0.5, 0.6) is 11.5 Å². The minimum absolute atomic E-state index is 0.0398. The molecule has 0 saturated carbocycles. The van der Waals surface area contributed by atoms with E-state index in [1.807, 2.05) is 0 Å². The smallest absolute Gasteiger partial charge is 0.310 e. The van der Waals surface area contributed by atoms with Gasteiger partial charge in [-0.3, -0.25) is 9.35 Å². The van der Waals surface area contributed by atoms with Gasteiger partial charge in [-0.05, 0) is 11.6 Å². The van der Waals surface area contributed by atoms with E-state index in [2.05, 4.69) is 4.74 Å². The van der Waals surface area contributed by atoms with Gasteiger partial charge in [0.1, 0.15) is 4.90 Å². The highest BCUT2D eigenvalue weighted by Gasteiger charge is 2.24. The van der Waals surface area contributed by atoms with E-state index in [9.17, 15) is 13.2 Å². The SMILES string of the molecule is COC(=O)Cc1cc2c(cc1S(=O)(=O)O)OCO2. The molecule has 0 unspecified atom stereocenters. The lowest BCUT2D eigenvalue weighted by atomic mass is 10.1. The van der Waals surface area contributed by atoms with Crippen molar-refractivity contribution in [2.45, 2.75) is 11.3 Å². The van der Waals surface area contributed by atoms with Crippen molar-refractivity contribution in [1.82, 2.24) is 0 Å². The topological polar surface area (TPSA) is 99.1 Å². The zero-order valence-electron chi connectivity index (χ0n) is 9.37. The number of esters is 1. The highest BCUT2D eigenvalue weighted by Crippen LogP contribution is 2.36. The highest BCUT2D eigenvalue weighted by atomic mass is 32.2. The molecule has 7 nitrogen and oxygen atoms in total. The molecule has 0 fully saturated rings. The summed E-state index contributed by atoms with van der Waals surface area (Å²) >= 11 is 0. The zero-order chi connectivity index (χ0) is 13.3. The summed E-state index contributed by atoms with van der Waals surface area (Å²) in [5, 5.41) is 0. The summed E-state index contributed by atoms with van der Waals surface area (Å²) in [6.07, 6.45) is -0.289. The van der Waals surface area contributed by atoms with E-state index in [-0.39, 0.29) is 24.5 Å². The standard InChI is InChI=1S/C10H10O7S/c1-15-10(11)3-6-2-7-8(17-5-16-7)4-9(6)18(12,13)14/h2,4H,3,5H2,1H3,(H,12,13,14). The quantitative estimate of drug-likeness (QED) is 0.628. The van der Waals surface area contributed by atoms with E-state index in [4.69, 9.17) is 14.0 Å². The van der Waals surface area contributed by atoms with Crippen molar-refractivity contribution < 1.29 is 32.0 Å². The monoisotopic (exact) mass is 274 g/mol. The molecule has 1 aliphatic rings. The maximum atomic E-state index is 11.2. The van der Waals surface area contributed by atoms with Crippen molar-refractivity contribution in [3.05, 3.63) is 17.7 Å². The molecule has 98 valence electrons. The Labute approximate surface area is 103 Å². The first-order chi connectivity index (χ1) is 8.41. The van der Waals surface area contributed by atoms with Crippen molar-refractivity contribution in [1.29, 1.82) is 0 Å². The summed E-state index contributed by atoms with van der Waals surface area (Å²) < 4.78 is 46.1. The maximum Gasteiger partial charge on any atom is 0.310 e. The summed E-state index contributed by atoms with van der Waals surface area (Å²) in [5.74, 6) is -0.101. The molecule has 1 aromatic rings. The Morgan fingerprint density at radius 2 is 2.00 bits per heavy atom. The Balaban J connectivity index is 2.52. The number of benzene rings is 1. The van der Waals surface area contributed by atoms with E-state index in [1.54, 1.807) is 0 Å². The minimum atomic E-state index is -4.45. The van der Waals surface area contributed by atoms with Crippen LogP contribution in [0, 0.1) is 0 Å². The first-order valence-corrected chi connectivity index (χ1v) is 6.32. The van der Waals surface area contributed by atoms with Gasteiger partial charge in [0.05, 0.1) is 13.5 Å². The van der Waals surface area contributed by atoms with Crippen LogP contribution in [-0.4, -0.2) is 32.8 Å². The van der Waals surface area contributed by atoms with Crippen molar-refractivity contribution in [3.63, 3.8) is 0 Å². The lowest BCUT2D eigenvalue weighted by Crippen LogP contribution is -2.10. The fourth-order valence-corrected chi connectivity index (χ4v) is 2.29. The van der Waals surface area contributed by atoms with Crippen molar-refractivity contribution in [2.24, 2.45) is 0 Å². The second kappa shape index (κ2) is 4.46. The predicted octanol–water partition coefficient (Wildman–Crippen LogP) is 0.378. The average molecular weight is 274 g/mol. The van der Waals surface area contributed by atoms with Crippen LogP contribution >= 0.6 is 0 Å². The highest BCUT2D eigenvalue weighted by molar-refractivity contribution is 7.85. The van der Waals surface area contributed by atoms with Crippen LogP contribution in [0.1, 0.15) is 5.56 Å². The molecule has 1 aliphatic heterocycles. The Morgan fingerprint density at radius 1 is 1.39 bits per heavy atom. The van der Waals surface area contributed by atoms with Gasteiger partial charge >= 0.3 is 5.97 Å². The zero-order valence-corrected chi connectivity index (χ0v) is 10.2. The summed E-state index contributed by atoms with van der Waals surface area (Å²) in [5.41, 5.74) is 0.0913. The molecule has 0 saturated heterocycles. The van der Waals surface area contributed by atoms with Gasteiger partial charge < -0.3 is 14.2 Å². The number of hydrogen-bond acceptors (Lipinski definition) is 6. The van der Waals surface area contributed by atoms with Crippen LogP contribution in [0.4, 0.5) is 0 Å². The molecule has 1 N–H and O–H groups in total. The number of methoxy groups -OCH3 is 1. The van der Waals surface area contributed by atoms with Crippen LogP contribution in [-0.2, 0) is 26.1 Å². The van der Waals surface area contributed by atoms with E-state index < -0.39 is 21.0 Å². The fraction of sp³-hybridized carbons (Fsp3) is 0.300. The van der Waals surface area contributed by atoms with E-state index in [1.165, 1.54) is 13.2 Å². The Kier molecular flexibility index (Phi) is 3.14. The number of rotatable bonds is 3. The van der Waals surface area contributed by atoms with Crippen LogP contribution in [0.3, 0.4) is 0 Å². The van der Waals surface area contributed by atoms with Gasteiger partial charge in [-0.25, -0.2) is 0 Å². The lowest BCUT2D eigenvalue weighted by molar-refractivity contribution is -0.139. The number of fused-ring (bicyclic) bond motifs is 1. The second-order valence-electron chi connectivity index (χ2n) is 3.54. The number of hydrogen-bond donors (Lipinski definition) is 1. The molecule has 18 heavy (non-hydrogen) atoms. The molecule has 0 aromatic heterocycles. The van der Waals surface area contributed by atoms with Crippen LogP contribution in [0.2, 0.25) is 0 Å². The Hall–Kier alpha value is -1.80. The van der Waals surface area contributed by atoms with Gasteiger partial charge in [0.25, 0.3) is 10.1 Å². The average Bonchev–Trinajstić information content (AvgIpc) is 2.73. The van der Waals surface area contributed by atoms with Gasteiger partial charge in [-0.1, -0.05) is 0 Å². The number of carbonyl (C=O) groups excluding carboxylic acids is 1. The molecule has 8 heteroatoms. The van der Waals surface area contributed by atoms with E-state index >= 15 is 0 Å². The van der Waals surface area contributed by atoms with E-state index in [0.29, 0.717) is 5.75 Å². The normalized spacial score (nSPS) is 13.4. The van der Waals surface area contributed by atoms with Crippen molar-refractivity contribution >= 4 is 16.1 Å². The molecule has 0 bridgehead atoms. The lowest BCUT2D eigenvalue weighted by Gasteiger charge is -2.07. The fourth-order valence-electron chi connectivity index (χ4n) is 1.57. The molecule has 0 aliphatic carbocycles. The molecule has 0 amide bonds. The van der Waals surface area contributed by atoms with Gasteiger partial charge in [0.15, 0.2) is 11.5 Å². The number of carbonyl (C=O) groups is 1. The molecular weight excluding hydrogens is 264 g/mol. The van der Waals surface area contributed by atoms with Gasteiger partial charge in [0.2, 0.25) is 6.79 Å². The van der Waals surface area contributed by atoms with Crippen LogP contribution in [0.25, 0.3) is 0 Å². The minimum Gasteiger partial charge on any atom is -0.469 e. The first-order valence-electron chi connectivity index (χ1n) is 4.88. The molecule has 1 aromatic carbocycles. The second-order valence-corrected chi connectivity index (χ2v) is 4.93. The molecular formula is C10H10O7S. The third-order valence-corrected chi connectivity index (χ3v) is 3.33. The number of ether oxygens (including phenoxy) is 3. The molecule has 2 rings (SSSR count). The third-order valence-electron chi connectivity index (χ3n) is 2.40. The first kappa shape index (κ1) is 12.7. The van der Waals surface area contributed by atoms with E-state index in [0.717, 1.165) is 6.07 Å². The summed E-state index contributed by atoms with van der Waals surface area (Å²) in [7, 11) is -3.27. The predicted molar refractivity (Wildman–Crippen MR) is 58.1 cm³/mol. The Bertz CT molecular complexity index is 590. The van der Waals surface area contributed by atoms with Crippen LogP contribution < -0.4 is 9.47 Å². The maximum absolute atomic E-state index is 11.2. The largest absolute Gasteiger partial charge is 0.469 e. The van der Waals surface area contributed by atoms with Crippen molar-refractivity contribution in [2.75, 3.05) is 13.9 Å². The summed E-state index contributed by atoms with van der Waals surface area (Å²) in [4.78, 5) is 10.8. The van der Waals surface area contributed by atoms with Gasteiger partial charge in [0, 0.05) is 6.07 Å². The molecule has 0 spiro atoms. The molecule has 0 atom stereocenters. The van der Waals surface area contributed by atoms with Gasteiger partial charge in [-0.15, -0.1) is 0 Å². The van der Waals surface area contributed by atoms with Crippen LogP contribution in [0.15, 0.2) is 17.0 Å². The molecule has 0 radical (unpaired) electrons. The van der Waals surface area contributed by atoms with Gasteiger partial charge in [-0.2, -0.15) is 8.42 Å². The third kappa shape index (κ3) is 2.39.